The van der Waals surface area contributed by atoms with Crippen molar-refractivity contribution in [2.45, 2.75) is 23.9 Å². The van der Waals surface area contributed by atoms with Crippen LogP contribution < -0.4 is 0 Å². The predicted octanol–water partition coefficient (Wildman–Crippen LogP) is 4.13. The molecule has 0 heterocycles. The quantitative estimate of drug-likeness (QED) is 0.853. The Kier molecular flexibility index (Phi) is 3.87. The van der Waals surface area contributed by atoms with Crippen LogP contribution in [0.5, 0.6) is 0 Å². The minimum Gasteiger partial charge on any atom is -0.242 e. The van der Waals surface area contributed by atoms with Crippen LogP contribution in [0.3, 0.4) is 0 Å². The van der Waals surface area contributed by atoms with Gasteiger partial charge in [-0.2, -0.15) is 0 Å². The lowest BCUT2D eigenvalue weighted by Gasteiger charge is -2.11. The molecule has 0 spiro atoms. The predicted molar refractivity (Wildman–Crippen MR) is 86.9 cm³/mol. The highest BCUT2D eigenvalue weighted by Crippen LogP contribution is 2.41. The lowest BCUT2D eigenvalue weighted by molar-refractivity contribution is 0.405. The maximum absolute atomic E-state index is 14.4. The molecule has 0 aliphatic heterocycles. The zero-order valence-corrected chi connectivity index (χ0v) is 13.1. The van der Waals surface area contributed by atoms with Crippen molar-refractivity contribution in [2.24, 2.45) is 0 Å². The summed E-state index contributed by atoms with van der Waals surface area (Å²) in [6.45, 7) is 0. The van der Waals surface area contributed by atoms with E-state index in [1.165, 1.54) is 6.26 Å². The Morgan fingerprint density at radius 3 is 2.18 bits per heavy atom. The molecule has 0 saturated carbocycles. The minimum absolute atomic E-state index is 0.256. The Morgan fingerprint density at radius 2 is 1.59 bits per heavy atom. The van der Waals surface area contributed by atoms with Gasteiger partial charge in [0.25, 0.3) is 0 Å². The summed E-state index contributed by atoms with van der Waals surface area (Å²) in [5.41, 5.74) is 3.49. The molecule has 0 N–H and O–H groups in total. The first-order valence-electron chi connectivity index (χ1n) is 7.20. The average molecular weight is 316 g/mol. The van der Waals surface area contributed by atoms with Gasteiger partial charge in [0.15, 0.2) is 9.84 Å². The van der Waals surface area contributed by atoms with E-state index in [0.717, 1.165) is 16.7 Å². The molecule has 0 aromatic heterocycles. The molecule has 0 radical (unpaired) electrons. The molecule has 1 aliphatic carbocycles. The van der Waals surface area contributed by atoms with Crippen LogP contribution in [-0.2, 0) is 9.84 Å². The van der Waals surface area contributed by atoms with Gasteiger partial charge in [-0.1, -0.05) is 42.5 Å². The maximum Gasteiger partial charge on any atom is 0.175 e. The number of halogens is 1. The van der Waals surface area contributed by atoms with Crippen LogP contribution >= 0.6 is 0 Å². The van der Waals surface area contributed by atoms with Crippen LogP contribution in [0.15, 0.2) is 59.5 Å². The third-order valence-electron chi connectivity index (χ3n) is 4.00. The van der Waals surface area contributed by atoms with E-state index in [4.69, 9.17) is 0 Å². The fourth-order valence-electron chi connectivity index (χ4n) is 2.92. The van der Waals surface area contributed by atoms with Crippen molar-refractivity contribution in [3.8, 4) is 0 Å². The van der Waals surface area contributed by atoms with Gasteiger partial charge in [-0.05, 0) is 47.2 Å². The van der Waals surface area contributed by atoms with Crippen molar-refractivity contribution in [2.75, 3.05) is 6.26 Å². The molecular weight excluding hydrogens is 299 g/mol. The third-order valence-corrected chi connectivity index (χ3v) is 5.13. The van der Waals surface area contributed by atoms with Gasteiger partial charge < -0.3 is 0 Å². The summed E-state index contributed by atoms with van der Waals surface area (Å²) in [5, 5.41) is 0. The zero-order chi connectivity index (χ0) is 15.7. The minimum atomic E-state index is -3.23. The summed E-state index contributed by atoms with van der Waals surface area (Å²) in [6, 6.07) is 16.3. The second-order valence-electron chi connectivity index (χ2n) is 5.56. The molecule has 0 bridgehead atoms. The highest BCUT2D eigenvalue weighted by Gasteiger charge is 2.27. The summed E-state index contributed by atoms with van der Waals surface area (Å²) in [6.07, 6.45) is 1.35. The van der Waals surface area contributed by atoms with E-state index in [-0.39, 0.29) is 4.90 Å². The second-order valence-corrected chi connectivity index (χ2v) is 7.58. The van der Waals surface area contributed by atoms with Crippen molar-refractivity contribution < 1.29 is 12.8 Å². The number of allylic oxidation sites excluding steroid dienone is 2. The Morgan fingerprint density at radius 1 is 0.955 bits per heavy atom. The maximum atomic E-state index is 14.4. The standard InChI is InChI=1S/C18H17FO2S/c1-22(20,21)15-9-7-14(8-10-15)18-16(11-12-17(18)19)13-5-3-2-4-6-13/h2-10,17H,11-12H2,1H3. The molecule has 2 aromatic carbocycles. The molecule has 0 amide bonds. The second kappa shape index (κ2) is 5.69. The van der Waals surface area contributed by atoms with E-state index in [9.17, 15) is 12.8 Å². The van der Waals surface area contributed by atoms with Gasteiger partial charge in [-0.3, -0.25) is 0 Å². The van der Waals surface area contributed by atoms with Gasteiger partial charge in [-0.25, -0.2) is 12.8 Å². The fourth-order valence-corrected chi connectivity index (χ4v) is 3.55. The van der Waals surface area contributed by atoms with Crippen LogP contribution in [0.25, 0.3) is 11.1 Å². The van der Waals surface area contributed by atoms with Crippen molar-refractivity contribution in [1.29, 1.82) is 0 Å². The first-order valence-corrected chi connectivity index (χ1v) is 9.09. The van der Waals surface area contributed by atoms with Gasteiger partial charge in [0.1, 0.15) is 6.17 Å². The van der Waals surface area contributed by atoms with Crippen LogP contribution in [0.1, 0.15) is 24.0 Å². The third kappa shape index (κ3) is 2.83. The highest BCUT2D eigenvalue weighted by molar-refractivity contribution is 7.90. The van der Waals surface area contributed by atoms with Crippen LogP contribution in [0, 0.1) is 0 Å². The fraction of sp³-hybridized carbons (Fsp3) is 0.222. The van der Waals surface area contributed by atoms with E-state index >= 15 is 0 Å². The normalized spacial score (nSPS) is 18.7. The van der Waals surface area contributed by atoms with E-state index in [2.05, 4.69) is 0 Å². The van der Waals surface area contributed by atoms with Crippen LogP contribution in [0.2, 0.25) is 0 Å². The molecule has 1 aliphatic rings. The van der Waals surface area contributed by atoms with Gasteiger partial charge in [-0.15, -0.1) is 0 Å². The Labute approximate surface area is 130 Å². The van der Waals surface area contributed by atoms with Crippen LogP contribution in [-0.4, -0.2) is 20.8 Å². The molecule has 2 nitrogen and oxygen atoms in total. The molecular formula is C18H17FO2S. The monoisotopic (exact) mass is 316 g/mol. The summed E-state index contributed by atoms with van der Waals surface area (Å²) < 4.78 is 37.4. The number of hydrogen-bond acceptors (Lipinski definition) is 2. The Hall–Kier alpha value is -1.94. The van der Waals surface area contributed by atoms with Gasteiger partial charge in [0.2, 0.25) is 0 Å². The van der Waals surface area contributed by atoms with Gasteiger partial charge in [0, 0.05) is 6.26 Å². The molecule has 3 rings (SSSR count). The molecule has 2 aromatic rings. The Bertz CT molecular complexity index is 806. The van der Waals surface area contributed by atoms with Gasteiger partial charge >= 0.3 is 0 Å². The molecule has 0 fully saturated rings. The SMILES string of the molecule is CS(=O)(=O)c1ccc(C2=C(c3ccccc3)CCC2F)cc1. The Balaban J connectivity index is 2.08. The van der Waals surface area contributed by atoms with Crippen molar-refractivity contribution >= 4 is 21.0 Å². The summed E-state index contributed by atoms with van der Waals surface area (Å²) in [5.74, 6) is 0. The van der Waals surface area contributed by atoms with E-state index in [1.54, 1.807) is 24.3 Å². The molecule has 1 unspecified atom stereocenters. The van der Waals surface area contributed by atoms with Gasteiger partial charge in [0.05, 0.1) is 4.90 Å². The van der Waals surface area contributed by atoms with Crippen molar-refractivity contribution in [3.05, 3.63) is 65.7 Å². The zero-order valence-electron chi connectivity index (χ0n) is 12.3. The largest absolute Gasteiger partial charge is 0.242 e. The van der Waals surface area contributed by atoms with Crippen molar-refractivity contribution in [1.82, 2.24) is 0 Å². The smallest absolute Gasteiger partial charge is 0.175 e. The first kappa shape index (κ1) is 15.0. The summed E-state index contributed by atoms with van der Waals surface area (Å²) >= 11 is 0. The van der Waals surface area contributed by atoms with E-state index < -0.39 is 16.0 Å². The first-order chi connectivity index (χ1) is 10.5. The lowest BCUT2D eigenvalue weighted by Crippen LogP contribution is -2.00. The molecule has 1 atom stereocenters. The average Bonchev–Trinajstić information content (AvgIpc) is 2.89. The number of hydrogen-bond donors (Lipinski definition) is 0. The van der Waals surface area contributed by atoms with E-state index in [0.29, 0.717) is 18.4 Å². The van der Waals surface area contributed by atoms with Crippen molar-refractivity contribution in [3.63, 3.8) is 0 Å². The van der Waals surface area contributed by atoms with E-state index in [1.807, 2.05) is 30.3 Å². The summed E-state index contributed by atoms with van der Waals surface area (Å²) in [4.78, 5) is 0.256. The molecule has 4 heteroatoms. The number of rotatable bonds is 3. The molecule has 114 valence electrons. The van der Waals surface area contributed by atoms with Crippen LogP contribution in [0.4, 0.5) is 4.39 Å². The molecule has 22 heavy (non-hydrogen) atoms. The molecule has 0 saturated heterocycles. The highest BCUT2D eigenvalue weighted by atomic mass is 32.2. The number of benzene rings is 2. The number of alkyl halides is 1. The topological polar surface area (TPSA) is 34.1 Å². The number of sulfone groups is 1. The summed E-state index contributed by atoms with van der Waals surface area (Å²) in [7, 11) is -3.23. The lowest BCUT2D eigenvalue weighted by atomic mass is 9.97.